The lowest BCUT2D eigenvalue weighted by molar-refractivity contribution is 0.223. The summed E-state index contributed by atoms with van der Waals surface area (Å²) in [6, 6.07) is 0. The molecule has 3 fully saturated rings. The van der Waals surface area contributed by atoms with Gasteiger partial charge in [0.05, 0.1) is 0 Å². The van der Waals surface area contributed by atoms with Crippen LogP contribution in [0.1, 0.15) is 19.3 Å². The Morgan fingerprint density at radius 2 is 1.73 bits per heavy atom. The van der Waals surface area contributed by atoms with Crippen LogP contribution in [-0.4, -0.2) is 5.38 Å². The Hall–Kier alpha value is 0.610. The lowest BCUT2D eigenvalue weighted by atomic mass is 9.61. The van der Waals surface area contributed by atoms with Gasteiger partial charge in [-0.15, -0.1) is 11.6 Å². The van der Waals surface area contributed by atoms with E-state index in [9.17, 15) is 0 Å². The highest BCUT2D eigenvalue weighted by Crippen LogP contribution is 2.55. The van der Waals surface area contributed by atoms with E-state index in [1.54, 1.807) is 0 Å². The molecule has 11 heavy (non-hydrogen) atoms. The summed E-state index contributed by atoms with van der Waals surface area (Å²) in [5.74, 6) is 0.973. The van der Waals surface area contributed by atoms with Crippen molar-refractivity contribution in [1.29, 1.82) is 0 Å². The van der Waals surface area contributed by atoms with Crippen LogP contribution in [0.3, 0.4) is 0 Å². The summed E-state index contributed by atoms with van der Waals surface area (Å²) in [5, 5.41) is 0.311. The lowest BCUT2D eigenvalue weighted by Gasteiger charge is -2.48. The van der Waals surface area contributed by atoms with Gasteiger partial charge in [-0.05, 0) is 30.3 Å². The third-order valence-electron chi connectivity index (χ3n) is 2.82. The van der Waals surface area contributed by atoms with Gasteiger partial charge in [-0.2, -0.15) is 0 Å². The molecule has 62 valence electrons. The van der Waals surface area contributed by atoms with E-state index in [1.165, 1.54) is 24.8 Å². The zero-order chi connectivity index (χ0) is 8.01. The first-order valence-corrected chi connectivity index (χ1v) is 5.10. The van der Waals surface area contributed by atoms with Crippen molar-refractivity contribution in [3.8, 4) is 0 Å². The third-order valence-corrected chi connectivity index (χ3v) is 3.86. The molecule has 0 aromatic rings. The first-order chi connectivity index (χ1) is 5.22. The van der Waals surface area contributed by atoms with Crippen LogP contribution in [0.25, 0.3) is 0 Å². The fourth-order valence-corrected chi connectivity index (χ4v) is 3.33. The molecule has 0 radical (unpaired) electrons. The van der Waals surface area contributed by atoms with Crippen LogP contribution >= 0.6 is 34.8 Å². The highest BCUT2D eigenvalue weighted by atomic mass is 35.5. The molecule has 0 N–H and O–H groups in total. The van der Waals surface area contributed by atoms with Gasteiger partial charge >= 0.3 is 0 Å². The summed E-state index contributed by atoms with van der Waals surface area (Å²) in [5.41, 5.74) is 1.22. The van der Waals surface area contributed by atoms with Gasteiger partial charge in [0.15, 0.2) is 0 Å². The number of fused-ring (bicyclic) bond motifs is 2. The highest BCUT2D eigenvalue weighted by Gasteiger charge is 2.48. The number of hydrogen-bond acceptors (Lipinski definition) is 0. The lowest BCUT2D eigenvalue weighted by Crippen LogP contribution is -2.44. The van der Waals surface area contributed by atoms with Gasteiger partial charge < -0.3 is 0 Å². The van der Waals surface area contributed by atoms with Gasteiger partial charge in [0.1, 0.15) is 4.49 Å². The molecule has 0 heterocycles. The fourth-order valence-electron chi connectivity index (χ4n) is 2.25. The summed E-state index contributed by atoms with van der Waals surface area (Å²) in [6.45, 7) is 0. The van der Waals surface area contributed by atoms with Crippen molar-refractivity contribution in [1.82, 2.24) is 0 Å². The zero-order valence-electron chi connectivity index (χ0n) is 5.99. The predicted molar refractivity (Wildman–Crippen MR) is 49.2 cm³/mol. The van der Waals surface area contributed by atoms with E-state index in [0.29, 0.717) is 21.7 Å². The molecule has 2 atom stereocenters. The predicted octanol–water partition coefficient (Wildman–Crippen LogP) is 3.71. The molecule has 3 heteroatoms. The molecule has 0 nitrogen and oxygen atoms in total. The number of rotatable bonds is 0. The Labute approximate surface area is 81.5 Å². The minimum absolute atomic E-state index is 0.311. The first kappa shape index (κ1) is 8.22. The molecule has 0 spiro atoms. The molecule has 0 amide bonds. The van der Waals surface area contributed by atoms with Crippen molar-refractivity contribution < 1.29 is 0 Å². The molecule has 3 saturated carbocycles. The summed E-state index contributed by atoms with van der Waals surface area (Å²) in [7, 11) is 0. The van der Waals surface area contributed by atoms with Gasteiger partial charge in [0.2, 0.25) is 0 Å². The van der Waals surface area contributed by atoms with Gasteiger partial charge in [-0.1, -0.05) is 29.6 Å². The Bertz CT molecular complexity index is 191. The Morgan fingerprint density at radius 1 is 1.18 bits per heavy atom. The number of hydrogen-bond donors (Lipinski definition) is 0. The molecule has 0 aromatic heterocycles. The molecule has 0 aromatic carbocycles. The van der Waals surface area contributed by atoms with E-state index in [-0.39, 0.29) is 0 Å². The molecule has 2 bridgehead atoms. The standard InChI is InChI=1S/C8H9Cl3/c9-7-4-2-1-3-5(7)6(4)8(10)11/h4-5,7H,1-3H2/t4-,5-/m1/s1. The minimum Gasteiger partial charge on any atom is -0.122 e. The van der Waals surface area contributed by atoms with Crippen LogP contribution in [0.2, 0.25) is 0 Å². The first-order valence-electron chi connectivity index (χ1n) is 3.91. The van der Waals surface area contributed by atoms with E-state index in [0.717, 1.165) is 0 Å². The molecule has 0 unspecified atom stereocenters. The van der Waals surface area contributed by atoms with E-state index in [1.807, 2.05) is 0 Å². The minimum atomic E-state index is 0.311. The second-order valence-corrected chi connectivity index (χ2v) is 4.76. The normalized spacial score (nSPS) is 41.7. The van der Waals surface area contributed by atoms with E-state index >= 15 is 0 Å². The molecular formula is C8H9Cl3. The fraction of sp³-hybridized carbons (Fsp3) is 0.750. The number of halogens is 3. The average molecular weight is 212 g/mol. The largest absolute Gasteiger partial charge is 0.122 e. The van der Waals surface area contributed by atoms with Crippen molar-refractivity contribution >= 4 is 34.8 Å². The van der Waals surface area contributed by atoms with Crippen LogP contribution in [0.5, 0.6) is 0 Å². The SMILES string of the molecule is ClC(Cl)=C1[C@H]2CCC[C@H]1C2Cl. The molecule has 0 saturated heterocycles. The second-order valence-electron chi connectivity index (χ2n) is 3.30. The van der Waals surface area contributed by atoms with E-state index in [2.05, 4.69) is 0 Å². The summed E-state index contributed by atoms with van der Waals surface area (Å²) in [4.78, 5) is 0. The average Bonchev–Trinajstić information content (AvgIpc) is 2.02. The quantitative estimate of drug-likeness (QED) is 0.536. The summed E-state index contributed by atoms with van der Waals surface area (Å²) >= 11 is 17.6. The van der Waals surface area contributed by atoms with Crippen molar-refractivity contribution in [3.05, 3.63) is 10.1 Å². The monoisotopic (exact) mass is 210 g/mol. The van der Waals surface area contributed by atoms with Gasteiger partial charge in [-0.25, -0.2) is 0 Å². The number of allylic oxidation sites excluding steroid dienone is 1. The summed E-state index contributed by atoms with van der Waals surface area (Å²) in [6.07, 6.45) is 3.62. The van der Waals surface area contributed by atoms with Gasteiger partial charge in [-0.3, -0.25) is 0 Å². The maximum atomic E-state index is 6.10. The van der Waals surface area contributed by atoms with Crippen molar-refractivity contribution in [2.24, 2.45) is 11.8 Å². The molecule has 3 rings (SSSR count). The Kier molecular flexibility index (Phi) is 2.11. The molecule has 0 aliphatic heterocycles. The van der Waals surface area contributed by atoms with Crippen molar-refractivity contribution in [2.75, 3.05) is 0 Å². The molecule has 3 aliphatic carbocycles. The molecule has 3 aliphatic rings. The Morgan fingerprint density at radius 3 is 2.00 bits per heavy atom. The van der Waals surface area contributed by atoms with Crippen LogP contribution in [0.15, 0.2) is 10.1 Å². The van der Waals surface area contributed by atoms with E-state index in [4.69, 9.17) is 34.8 Å². The Balaban J connectivity index is 2.24. The maximum Gasteiger partial charge on any atom is 0.106 e. The topological polar surface area (TPSA) is 0 Å². The summed E-state index contributed by atoms with van der Waals surface area (Å²) < 4.78 is 0.469. The van der Waals surface area contributed by atoms with Crippen molar-refractivity contribution in [3.63, 3.8) is 0 Å². The van der Waals surface area contributed by atoms with Crippen molar-refractivity contribution in [2.45, 2.75) is 24.6 Å². The second kappa shape index (κ2) is 2.83. The van der Waals surface area contributed by atoms with Crippen LogP contribution in [-0.2, 0) is 0 Å². The van der Waals surface area contributed by atoms with Gasteiger partial charge in [0, 0.05) is 5.38 Å². The zero-order valence-corrected chi connectivity index (χ0v) is 8.26. The number of alkyl halides is 1. The highest BCUT2D eigenvalue weighted by molar-refractivity contribution is 6.56. The van der Waals surface area contributed by atoms with Gasteiger partial charge in [0.25, 0.3) is 0 Å². The third kappa shape index (κ3) is 1.11. The van der Waals surface area contributed by atoms with E-state index < -0.39 is 0 Å². The smallest absolute Gasteiger partial charge is 0.106 e. The van der Waals surface area contributed by atoms with Crippen LogP contribution in [0, 0.1) is 11.8 Å². The maximum absolute atomic E-state index is 6.10. The van der Waals surface area contributed by atoms with Crippen LogP contribution < -0.4 is 0 Å². The molecular weight excluding hydrogens is 202 g/mol. The van der Waals surface area contributed by atoms with Crippen LogP contribution in [0.4, 0.5) is 0 Å².